The van der Waals surface area contributed by atoms with Gasteiger partial charge in [-0.3, -0.25) is 0 Å². The highest BCUT2D eigenvalue weighted by Crippen LogP contribution is 2.25. The first-order chi connectivity index (χ1) is 7.40. The summed E-state index contributed by atoms with van der Waals surface area (Å²) in [6.07, 6.45) is 5.06. The number of nitriles is 1. The van der Waals surface area contributed by atoms with Crippen molar-refractivity contribution >= 4 is 0 Å². The first kappa shape index (κ1) is 10.0. The molecule has 1 aliphatic rings. The van der Waals surface area contributed by atoms with Gasteiger partial charge in [0, 0.05) is 6.42 Å². The van der Waals surface area contributed by atoms with Crippen LogP contribution < -0.4 is 4.74 Å². The Labute approximate surface area is 90.5 Å². The SMILES string of the molecule is N#CCCCOc1ccc2c(c1)CCC2. The van der Waals surface area contributed by atoms with Crippen LogP contribution in [0.2, 0.25) is 0 Å². The largest absolute Gasteiger partial charge is 0.494 e. The zero-order valence-corrected chi connectivity index (χ0v) is 8.83. The van der Waals surface area contributed by atoms with Gasteiger partial charge in [-0.25, -0.2) is 0 Å². The fourth-order valence-electron chi connectivity index (χ4n) is 1.98. The first-order valence-electron chi connectivity index (χ1n) is 5.52. The number of ether oxygens (including phenoxy) is 1. The molecule has 0 N–H and O–H groups in total. The van der Waals surface area contributed by atoms with Crippen molar-refractivity contribution in [2.24, 2.45) is 0 Å². The van der Waals surface area contributed by atoms with Gasteiger partial charge in [-0.05, 0) is 48.9 Å². The summed E-state index contributed by atoms with van der Waals surface area (Å²) in [4.78, 5) is 0. The Morgan fingerprint density at radius 1 is 1.27 bits per heavy atom. The van der Waals surface area contributed by atoms with Gasteiger partial charge in [-0.2, -0.15) is 5.26 Å². The quantitative estimate of drug-likeness (QED) is 0.702. The smallest absolute Gasteiger partial charge is 0.119 e. The van der Waals surface area contributed by atoms with E-state index in [0.29, 0.717) is 13.0 Å². The normalized spacial score (nSPS) is 13.3. The third-order valence-corrected chi connectivity index (χ3v) is 2.77. The molecule has 1 aromatic rings. The van der Waals surface area contributed by atoms with Gasteiger partial charge in [0.15, 0.2) is 0 Å². The summed E-state index contributed by atoms with van der Waals surface area (Å²) >= 11 is 0. The minimum Gasteiger partial charge on any atom is -0.494 e. The Hall–Kier alpha value is -1.49. The van der Waals surface area contributed by atoms with Crippen LogP contribution in [0, 0.1) is 11.3 Å². The van der Waals surface area contributed by atoms with E-state index >= 15 is 0 Å². The van der Waals surface area contributed by atoms with Crippen LogP contribution in [0.4, 0.5) is 0 Å². The average molecular weight is 201 g/mol. The maximum absolute atomic E-state index is 8.38. The topological polar surface area (TPSA) is 33.0 Å². The number of hydrogen-bond acceptors (Lipinski definition) is 2. The Morgan fingerprint density at radius 3 is 3.00 bits per heavy atom. The predicted octanol–water partition coefficient (Wildman–Crippen LogP) is 2.86. The van der Waals surface area contributed by atoms with E-state index in [2.05, 4.69) is 18.2 Å². The van der Waals surface area contributed by atoms with Crippen molar-refractivity contribution in [3.8, 4) is 11.8 Å². The molecule has 0 aliphatic heterocycles. The van der Waals surface area contributed by atoms with E-state index in [1.54, 1.807) is 0 Å². The minimum atomic E-state index is 0.574. The maximum atomic E-state index is 8.38. The lowest BCUT2D eigenvalue weighted by Gasteiger charge is -2.06. The van der Waals surface area contributed by atoms with Crippen molar-refractivity contribution in [3.63, 3.8) is 0 Å². The minimum absolute atomic E-state index is 0.574. The highest BCUT2D eigenvalue weighted by molar-refractivity contribution is 5.38. The van der Waals surface area contributed by atoms with Gasteiger partial charge in [0.1, 0.15) is 5.75 Å². The molecule has 0 spiro atoms. The standard InChI is InChI=1S/C13H15NO/c14-8-1-2-9-15-13-7-6-11-4-3-5-12(11)10-13/h6-7,10H,1-5,9H2. The van der Waals surface area contributed by atoms with E-state index in [1.165, 1.54) is 30.4 Å². The van der Waals surface area contributed by atoms with Crippen LogP contribution in [0.15, 0.2) is 18.2 Å². The number of unbranched alkanes of at least 4 members (excludes halogenated alkanes) is 1. The molecule has 0 atom stereocenters. The van der Waals surface area contributed by atoms with Crippen molar-refractivity contribution in [1.29, 1.82) is 5.26 Å². The van der Waals surface area contributed by atoms with E-state index in [9.17, 15) is 0 Å². The number of aryl methyl sites for hydroxylation is 2. The van der Waals surface area contributed by atoms with Crippen molar-refractivity contribution in [1.82, 2.24) is 0 Å². The van der Waals surface area contributed by atoms with Gasteiger partial charge in [-0.1, -0.05) is 6.07 Å². The summed E-state index contributed by atoms with van der Waals surface area (Å²) in [6.45, 7) is 0.645. The van der Waals surface area contributed by atoms with Gasteiger partial charge in [0.05, 0.1) is 12.7 Å². The van der Waals surface area contributed by atoms with Gasteiger partial charge < -0.3 is 4.74 Å². The van der Waals surface area contributed by atoms with Gasteiger partial charge in [-0.15, -0.1) is 0 Å². The molecule has 0 saturated heterocycles. The maximum Gasteiger partial charge on any atom is 0.119 e. The van der Waals surface area contributed by atoms with Crippen LogP contribution in [-0.4, -0.2) is 6.61 Å². The zero-order chi connectivity index (χ0) is 10.5. The molecule has 2 nitrogen and oxygen atoms in total. The highest BCUT2D eigenvalue weighted by Gasteiger charge is 2.10. The molecule has 0 radical (unpaired) electrons. The molecule has 0 saturated carbocycles. The second kappa shape index (κ2) is 4.84. The molecule has 0 fully saturated rings. The molecule has 0 aromatic heterocycles. The van der Waals surface area contributed by atoms with Crippen LogP contribution >= 0.6 is 0 Å². The molecule has 0 bridgehead atoms. The summed E-state index contributed by atoms with van der Waals surface area (Å²) in [5.74, 6) is 0.952. The molecule has 15 heavy (non-hydrogen) atoms. The Bertz CT molecular complexity index is 379. The molecule has 2 heteroatoms. The second-order valence-corrected chi connectivity index (χ2v) is 3.89. The van der Waals surface area contributed by atoms with E-state index in [4.69, 9.17) is 10.00 Å². The summed E-state index contributed by atoms with van der Waals surface area (Å²) in [5.41, 5.74) is 2.91. The third-order valence-electron chi connectivity index (χ3n) is 2.77. The number of hydrogen-bond donors (Lipinski definition) is 0. The van der Waals surface area contributed by atoms with Crippen molar-refractivity contribution in [2.45, 2.75) is 32.1 Å². The van der Waals surface area contributed by atoms with Gasteiger partial charge >= 0.3 is 0 Å². The van der Waals surface area contributed by atoms with Crippen LogP contribution in [0.1, 0.15) is 30.4 Å². The molecule has 0 amide bonds. The molecular weight excluding hydrogens is 186 g/mol. The predicted molar refractivity (Wildman–Crippen MR) is 58.8 cm³/mol. The highest BCUT2D eigenvalue weighted by atomic mass is 16.5. The summed E-state index contributed by atoms with van der Waals surface area (Å²) in [6, 6.07) is 8.47. The Balaban J connectivity index is 1.90. The van der Waals surface area contributed by atoms with Crippen LogP contribution in [0.5, 0.6) is 5.75 Å². The first-order valence-corrected chi connectivity index (χ1v) is 5.52. The third kappa shape index (κ3) is 2.50. The van der Waals surface area contributed by atoms with Crippen molar-refractivity contribution in [2.75, 3.05) is 6.61 Å². The molecule has 0 heterocycles. The molecule has 2 rings (SSSR count). The van der Waals surface area contributed by atoms with Crippen LogP contribution in [0.25, 0.3) is 0 Å². The van der Waals surface area contributed by atoms with E-state index in [0.717, 1.165) is 12.2 Å². The van der Waals surface area contributed by atoms with Crippen LogP contribution in [0.3, 0.4) is 0 Å². The fourth-order valence-corrected chi connectivity index (χ4v) is 1.98. The van der Waals surface area contributed by atoms with E-state index in [-0.39, 0.29) is 0 Å². The summed E-state index contributed by atoms with van der Waals surface area (Å²) in [5, 5.41) is 8.38. The molecule has 1 aromatic carbocycles. The Kier molecular flexibility index (Phi) is 3.24. The molecule has 1 aliphatic carbocycles. The number of nitrogens with zero attached hydrogens (tertiary/aromatic N) is 1. The number of benzene rings is 1. The lowest BCUT2D eigenvalue weighted by atomic mass is 10.1. The van der Waals surface area contributed by atoms with E-state index < -0.39 is 0 Å². The van der Waals surface area contributed by atoms with Gasteiger partial charge in [0.2, 0.25) is 0 Å². The van der Waals surface area contributed by atoms with Crippen molar-refractivity contribution in [3.05, 3.63) is 29.3 Å². The number of rotatable bonds is 4. The number of fused-ring (bicyclic) bond motifs is 1. The molecular formula is C13H15NO. The Morgan fingerprint density at radius 2 is 2.13 bits per heavy atom. The van der Waals surface area contributed by atoms with Crippen LogP contribution in [-0.2, 0) is 12.8 Å². The van der Waals surface area contributed by atoms with Crippen molar-refractivity contribution < 1.29 is 4.74 Å². The van der Waals surface area contributed by atoms with Gasteiger partial charge in [0.25, 0.3) is 0 Å². The summed E-state index contributed by atoms with van der Waals surface area (Å²) in [7, 11) is 0. The fraction of sp³-hybridized carbons (Fsp3) is 0.462. The molecule has 0 unspecified atom stereocenters. The lowest BCUT2D eigenvalue weighted by molar-refractivity contribution is 0.312. The monoisotopic (exact) mass is 201 g/mol. The second-order valence-electron chi connectivity index (χ2n) is 3.89. The molecule has 78 valence electrons. The summed E-state index contributed by atoms with van der Waals surface area (Å²) < 4.78 is 5.58. The van der Waals surface area contributed by atoms with E-state index in [1.807, 2.05) is 6.07 Å². The zero-order valence-electron chi connectivity index (χ0n) is 8.83. The lowest BCUT2D eigenvalue weighted by Crippen LogP contribution is -1.97. The average Bonchev–Trinajstić information content (AvgIpc) is 2.71.